The van der Waals surface area contributed by atoms with Gasteiger partial charge in [-0.15, -0.1) is 0 Å². The van der Waals surface area contributed by atoms with Crippen LogP contribution < -0.4 is 15.0 Å². The number of nitrogens with one attached hydrogen (secondary N) is 1. The molecule has 1 amide bonds. The zero-order chi connectivity index (χ0) is 20.3. The van der Waals surface area contributed by atoms with Crippen molar-refractivity contribution in [2.45, 2.75) is 32.8 Å². The average Bonchev–Trinajstić information content (AvgIpc) is 2.65. The van der Waals surface area contributed by atoms with Crippen LogP contribution in [-0.4, -0.2) is 25.1 Å². The number of ether oxygens (including phenoxy) is 1. The summed E-state index contributed by atoms with van der Waals surface area (Å²) in [6.07, 6.45) is 1.59. The van der Waals surface area contributed by atoms with Crippen LogP contribution in [0.5, 0.6) is 5.75 Å². The lowest BCUT2D eigenvalue weighted by atomic mass is 9.99. The van der Waals surface area contributed by atoms with Crippen molar-refractivity contribution in [2.75, 3.05) is 23.3 Å². The van der Waals surface area contributed by atoms with Crippen molar-refractivity contribution >= 4 is 52.1 Å². The fourth-order valence-electron chi connectivity index (χ4n) is 3.15. The zero-order valence-corrected chi connectivity index (χ0v) is 18.1. The third-order valence-electron chi connectivity index (χ3n) is 4.91. The summed E-state index contributed by atoms with van der Waals surface area (Å²) in [5, 5.41) is 4.32. The van der Waals surface area contributed by atoms with E-state index in [0.717, 1.165) is 37.5 Å². The number of piperidine rings is 1. The number of rotatable bonds is 5. The molecule has 2 aromatic carbocycles. The van der Waals surface area contributed by atoms with Gasteiger partial charge in [0.25, 0.3) is 5.91 Å². The SMILES string of the molecule is CC1CCN(c2ccc(NC(=O)[C@@H](C)Oc3ccc(Cl)cc3Cl)cc2Cl)CC1. The lowest BCUT2D eigenvalue weighted by molar-refractivity contribution is -0.122. The molecule has 1 atom stereocenters. The fourth-order valence-corrected chi connectivity index (χ4v) is 3.90. The maximum atomic E-state index is 12.5. The molecule has 7 heteroatoms. The molecule has 1 aliphatic rings. The standard InChI is InChI=1S/C21H23Cl3N2O2/c1-13-7-9-26(10-8-13)19-5-4-16(12-17(19)23)25-21(27)14(2)28-20-6-3-15(22)11-18(20)24/h3-6,11-14H,7-10H2,1-2H3,(H,25,27)/t14-/m1/s1. The van der Waals surface area contributed by atoms with Crippen molar-refractivity contribution in [2.24, 2.45) is 5.92 Å². The Morgan fingerprint density at radius 3 is 2.46 bits per heavy atom. The lowest BCUT2D eigenvalue weighted by Gasteiger charge is -2.32. The third kappa shape index (κ3) is 5.25. The quantitative estimate of drug-likeness (QED) is 0.593. The fraction of sp³-hybridized carbons (Fsp3) is 0.381. The van der Waals surface area contributed by atoms with E-state index in [1.165, 1.54) is 0 Å². The van der Waals surface area contributed by atoms with Crippen LogP contribution in [-0.2, 0) is 4.79 Å². The van der Waals surface area contributed by atoms with Gasteiger partial charge in [0.1, 0.15) is 5.75 Å². The minimum Gasteiger partial charge on any atom is -0.479 e. The number of carbonyl (C=O) groups excluding carboxylic acids is 1. The van der Waals surface area contributed by atoms with Crippen LogP contribution in [0.2, 0.25) is 15.1 Å². The first-order chi connectivity index (χ1) is 13.3. The van der Waals surface area contributed by atoms with Gasteiger partial charge in [0, 0.05) is 23.8 Å². The molecule has 1 fully saturated rings. The summed E-state index contributed by atoms with van der Waals surface area (Å²) < 4.78 is 5.65. The molecule has 150 valence electrons. The Morgan fingerprint density at radius 2 is 1.82 bits per heavy atom. The first kappa shape index (κ1) is 21.1. The second-order valence-corrected chi connectivity index (χ2v) is 8.41. The van der Waals surface area contributed by atoms with Gasteiger partial charge in [-0.1, -0.05) is 41.7 Å². The molecule has 0 spiro atoms. The van der Waals surface area contributed by atoms with Crippen molar-refractivity contribution in [1.29, 1.82) is 0 Å². The largest absolute Gasteiger partial charge is 0.479 e. The van der Waals surface area contributed by atoms with Crippen LogP contribution in [0, 0.1) is 5.92 Å². The van der Waals surface area contributed by atoms with Crippen LogP contribution in [0.4, 0.5) is 11.4 Å². The van der Waals surface area contributed by atoms with E-state index in [4.69, 9.17) is 39.5 Å². The number of halogens is 3. The molecule has 2 aromatic rings. The highest BCUT2D eigenvalue weighted by atomic mass is 35.5. The molecule has 3 rings (SSSR count). The van der Waals surface area contributed by atoms with Gasteiger partial charge >= 0.3 is 0 Å². The number of hydrogen-bond donors (Lipinski definition) is 1. The van der Waals surface area contributed by atoms with Crippen LogP contribution in [0.15, 0.2) is 36.4 Å². The van der Waals surface area contributed by atoms with Gasteiger partial charge in [-0.25, -0.2) is 0 Å². The number of nitrogens with zero attached hydrogens (tertiary/aromatic N) is 1. The minimum absolute atomic E-state index is 0.290. The Bertz CT molecular complexity index is 852. The molecular formula is C21H23Cl3N2O2. The Balaban J connectivity index is 1.62. The van der Waals surface area contributed by atoms with E-state index >= 15 is 0 Å². The summed E-state index contributed by atoms with van der Waals surface area (Å²) in [5.74, 6) is 0.868. The van der Waals surface area contributed by atoms with Crippen molar-refractivity contribution < 1.29 is 9.53 Å². The zero-order valence-electron chi connectivity index (χ0n) is 15.8. The smallest absolute Gasteiger partial charge is 0.265 e. The molecule has 0 saturated carbocycles. The van der Waals surface area contributed by atoms with E-state index in [-0.39, 0.29) is 5.91 Å². The Morgan fingerprint density at radius 1 is 1.11 bits per heavy atom. The van der Waals surface area contributed by atoms with Gasteiger partial charge in [0.05, 0.1) is 15.7 Å². The topological polar surface area (TPSA) is 41.6 Å². The van der Waals surface area contributed by atoms with Crippen molar-refractivity contribution in [1.82, 2.24) is 0 Å². The summed E-state index contributed by atoms with van der Waals surface area (Å²) in [4.78, 5) is 14.8. The molecule has 1 heterocycles. The number of hydrogen-bond acceptors (Lipinski definition) is 3. The predicted molar refractivity (Wildman–Crippen MR) is 117 cm³/mol. The summed E-state index contributed by atoms with van der Waals surface area (Å²) in [6.45, 7) is 5.93. The average molecular weight is 442 g/mol. The van der Waals surface area contributed by atoms with Gasteiger partial charge in [0.2, 0.25) is 0 Å². The van der Waals surface area contributed by atoms with Crippen molar-refractivity contribution in [3.8, 4) is 5.75 Å². The van der Waals surface area contributed by atoms with E-state index in [1.807, 2.05) is 12.1 Å². The Kier molecular flexibility index (Phi) is 6.97. The Hall–Kier alpha value is -1.62. The van der Waals surface area contributed by atoms with Gasteiger partial charge in [-0.05, 0) is 62.1 Å². The minimum atomic E-state index is -0.735. The van der Waals surface area contributed by atoms with Gasteiger partial charge < -0.3 is 15.0 Å². The molecular weight excluding hydrogens is 419 g/mol. The normalized spacial score (nSPS) is 16.0. The highest BCUT2D eigenvalue weighted by molar-refractivity contribution is 6.35. The van der Waals surface area contributed by atoms with E-state index in [1.54, 1.807) is 31.2 Å². The molecule has 0 unspecified atom stereocenters. The van der Waals surface area contributed by atoms with Crippen molar-refractivity contribution in [3.63, 3.8) is 0 Å². The van der Waals surface area contributed by atoms with E-state index in [2.05, 4.69) is 17.1 Å². The molecule has 1 saturated heterocycles. The molecule has 1 aliphatic heterocycles. The summed E-state index contributed by atoms with van der Waals surface area (Å²) in [7, 11) is 0. The first-order valence-corrected chi connectivity index (χ1v) is 10.4. The Labute approximate surface area is 180 Å². The highest BCUT2D eigenvalue weighted by Crippen LogP contribution is 2.32. The first-order valence-electron chi connectivity index (χ1n) is 9.30. The summed E-state index contributed by atoms with van der Waals surface area (Å²) in [5.41, 5.74) is 1.63. The van der Waals surface area contributed by atoms with Crippen LogP contribution in [0.25, 0.3) is 0 Å². The molecule has 0 aromatic heterocycles. The second kappa shape index (κ2) is 9.25. The van der Waals surface area contributed by atoms with E-state index in [9.17, 15) is 4.79 Å². The third-order valence-corrected chi connectivity index (χ3v) is 5.74. The van der Waals surface area contributed by atoms with Gasteiger partial charge in [-0.2, -0.15) is 0 Å². The van der Waals surface area contributed by atoms with Gasteiger partial charge in [-0.3, -0.25) is 4.79 Å². The van der Waals surface area contributed by atoms with Crippen LogP contribution in [0.1, 0.15) is 26.7 Å². The predicted octanol–water partition coefficient (Wildman–Crippen LogP) is 6.29. The van der Waals surface area contributed by atoms with Crippen LogP contribution >= 0.6 is 34.8 Å². The number of anilines is 2. The van der Waals surface area contributed by atoms with E-state index in [0.29, 0.717) is 26.5 Å². The van der Waals surface area contributed by atoms with Crippen LogP contribution in [0.3, 0.4) is 0 Å². The van der Waals surface area contributed by atoms with Crippen molar-refractivity contribution in [3.05, 3.63) is 51.5 Å². The molecule has 28 heavy (non-hydrogen) atoms. The summed E-state index contributed by atoms with van der Waals surface area (Å²) in [6, 6.07) is 10.5. The molecule has 0 aliphatic carbocycles. The number of benzene rings is 2. The number of amides is 1. The number of carbonyl (C=O) groups is 1. The monoisotopic (exact) mass is 440 g/mol. The molecule has 0 radical (unpaired) electrons. The molecule has 1 N–H and O–H groups in total. The maximum Gasteiger partial charge on any atom is 0.265 e. The highest BCUT2D eigenvalue weighted by Gasteiger charge is 2.20. The molecule has 4 nitrogen and oxygen atoms in total. The van der Waals surface area contributed by atoms with E-state index < -0.39 is 6.10 Å². The second-order valence-electron chi connectivity index (χ2n) is 7.16. The van der Waals surface area contributed by atoms with Gasteiger partial charge in [0.15, 0.2) is 6.10 Å². The molecule has 0 bridgehead atoms. The summed E-state index contributed by atoms with van der Waals surface area (Å²) >= 11 is 18.4. The maximum absolute atomic E-state index is 12.5. The lowest BCUT2D eigenvalue weighted by Crippen LogP contribution is -2.33.